The van der Waals surface area contributed by atoms with Crippen molar-refractivity contribution in [3.8, 4) is 0 Å². The molecule has 1 aromatic rings. The lowest BCUT2D eigenvalue weighted by Crippen LogP contribution is -2.44. The Kier molecular flexibility index (Phi) is 4.24. The summed E-state index contributed by atoms with van der Waals surface area (Å²) in [5, 5.41) is 9.81. The molecule has 2 aliphatic rings. The van der Waals surface area contributed by atoms with E-state index < -0.39 is 0 Å². The summed E-state index contributed by atoms with van der Waals surface area (Å²) in [7, 11) is 0. The predicted molar refractivity (Wildman–Crippen MR) is 73.8 cm³/mol. The van der Waals surface area contributed by atoms with E-state index >= 15 is 0 Å². The van der Waals surface area contributed by atoms with Crippen molar-refractivity contribution < 1.29 is 4.74 Å². The van der Waals surface area contributed by atoms with Crippen LogP contribution in [0.4, 0.5) is 5.13 Å². The Morgan fingerprint density at radius 1 is 1.32 bits per heavy atom. The molecule has 19 heavy (non-hydrogen) atoms. The molecule has 0 radical (unpaired) electrons. The van der Waals surface area contributed by atoms with E-state index in [4.69, 9.17) is 10.6 Å². The van der Waals surface area contributed by atoms with Gasteiger partial charge in [0.2, 0.25) is 5.13 Å². The van der Waals surface area contributed by atoms with Crippen LogP contribution in [0.15, 0.2) is 0 Å². The predicted octanol–water partition coefficient (Wildman–Crippen LogP) is -0.270. The van der Waals surface area contributed by atoms with Gasteiger partial charge >= 0.3 is 0 Å². The molecule has 0 spiro atoms. The van der Waals surface area contributed by atoms with Crippen molar-refractivity contribution in [2.45, 2.75) is 19.0 Å². The van der Waals surface area contributed by atoms with E-state index in [9.17, 15) is 0 Å². The number of nitrogens with zero attached hydrogens (tertiary/aromatic N) is 4. The van der Waals surface area contributed by atoms with Gasteiger partial charge in [0, 0.05) is 32.2 Å². The summed E-state index contributed by atoms with van der Waals surface area (Å²) in [4.78, 5) is 5.00. The first-order chi connectivity index (χ1) is 9.35. The molecule has 3 rings (SSSR count). The second-order valence-electron chi connectivity index (χ2n) is 4.97. The highest BCUT2D eigenvalue weighted by Crippen LogP contribution is 2.21. The molecule has 0 aliphatic carbocycles. The van der Waals surface area contributed by atoms with Crippen LogP contribution in [0.1, 0.15) is 11.4 Å². The number of hydrogen-bond acceptors (Lipinski definition) is 8. The van der Waals surface area contributed by atoms with Crippen molar-refractivity contribution in [2.75, 3.05) is 44.8 Å². The fraction of sp³-hybridized carbons (Fsp3) is 0.818. The fourth-order valence-electron chi connectivity index (χ4n) is 2.76. The third-order valence-electron chi connectivity index (χ3n) is 3.76. The van der Waals surface area contributed by atoms with Gasteiger partial charge in [0.05, 0.1) is 19.8 Å². The van der Waals surface area contributed by atoms with E-state index in [0.29, 0.717) is 11.2 Å². The van der Waals surface area contributed by atoms with Gasteiger partial charge in [0.25, 0.3) is 0 Å². The van der Waals surface area contributed by atoms with Gasteiger partial charge in [-0.05, 0) is 6.42 Å². The number of likely N-dealkylation sites (tertiary alicyclic amines) is 1. The highest BCUT2D eigenvalue weighted by Gasteiger charge is 2.29. The Bertz CT molecular complexity index is 408. The number of hydrogen-bond donors (Lipinski definition) is 2. The van der Waals surface area contributed by atoms with Crippen molar-refractivity contribution in [2.24, 2.45) is 5.84 Å². The van der Waals surface area contributed by atoms with Crippen molar-refractivity contribution in [1.29, 1.82) is 0 Å². The van der Waals surface area contributed by atoms with Crippen LogP contribution in [0, 0.1) is 0 Å². The molecule has 8 heteroatoms. The summed E-state index contributed by atoms with van der Waals surface area (Å²) in [6.45, 7) is 7.01. The third kappa shape index (κ3) is 3.21. The van der Waals surface area contributed by atoms with E-state index in [2.05, 4.69) is 25.4 Å². The SMILES string of the molecule is NNc1nnc(CN2CCC(N3CCOCC3)C2)s1. The number of hydrazine groups is 1. The van der Waals surface area contributed by atoms with Gasteiger partial charge < -0.3 is 4.74 Å². The van der Waals surface area contributed by atoms with Crippen LogP contribution in [0.25, 0.3) is 0 Å². The van der Waals surface area contributed by atoms with Gasteiger partial charge in [-0.2, -0.15) is 0 Å². The Balaban J connectivity index is 1.51. The highest BCUT2D eigenvalue weighted by molar-refractivity contribution is 7.15. The van der Waals surface area contributed by atoms with Crippen molar-refractivity contribution in [1.82, 2.24) is 20.0 Å². The molecule has 0 amide bonds. The van der Waals surface area contributed by atoms with E-state index in [1.54, 1.807) is 0 Å². The highest BCUT2D eigenvalue weighted by atomic mass is 32.1. The molecular formula is C11H20N6OS. The summed E-state index contributed by atoms with van der Waals surface area (Å²) in [5.41, 5.74) is 2.54. The summed E-state index contributed by atoms with van der Waals surface area (Å²) in [5.74, 6) is 5.32. The van der Waals surface area contributed by atoms with E-state index in [-0.39, 0.29) is 0 Å². The lowest BCUT2D eigenvalue weighted by atomic mass is 10.2. The topological polar surface area (TPSA) is 79.5 Å². The Labute approximate surface area is 116 Å². The molecule has 1 atom stereocenters. The summed E-state index contributed by atoms with van der Waals surface area (Å²) < 4.78 is 5.41. The molecule has 2 saturated heterocycles. The van der Waals surface area contributed by atoms with Crippen LogP contribution in [-0.4, -0.2) is 65.4 Å². The Morgan fingerprint density at radius 2 is 2.16 bits per heavy atom. The van der Waals surface area contributed by atoms with Crippen LogP contribution in [0.5, 0.6) is 0 Å². The molecule has 0 bridgehead atoms. The normalized spacial score (nSPS) is 25.8. The largest absolute Gasteiger partial charge is 0.379 e. The van der Waals surface area contributed by atoms with E-state index in [0.717, 1.165) is 50.9 Å². The molecule has 1 aromatic heterocycles. The summed E-state index contributed by atoms with van der Waals surface area (Å²) in [6.07, 6.45) is 1.24. The molecule has 2 fully saturated rings. The van der Waals surface area contributed by atoms with Crippen LogP contribution >= 0.6 is 11.3 Å². The lowest BCUT2D eigenvalue weighted by Gasteiger charge is -2.32. The molecule has 3 N–H and O–H groups in total. The Hall–Kier alpha value is -0.800. The maximum atomic E-state index is 5.41. The first kappa shape index (κ1) is 13.2. The molecule has 3 heterocycles. The second-order valence-corrected chi connectivity index (χ2v) is 6.03. The van der Waals surface area contributed by atoms with Crippen molar-refractivity contribution in [3.05, 3.63) is 5.01 Å². The average Bonchev–Trinajstić information content (AvgIpc) is 3.09. The number of aromatic nitrogens is 2. The quantitative estimate of drug-likeness (QED) is 0.582. The van der Waals surface area contributed by atoms with Gasteiger partial charge in [0.15, 0.2) is 0 Å². The minimum Gasteiger partial charge on any atom is -0.379 e. The van der Waals surface area contributed by atoms with Crippen LogP contribution in [-0.2, 0) is 11.3 Å². The zero-order valence-electron chi connectivity index (χ0n) is 10.9. The lowest BCUT2D eigenvalue weighted by molar-refractivity contribution is 0.0184. The van der Waals surface area contributed by atoms with Crippen molar-refractivity contribution >= 4 is 16.5 Å². The monoisotopic (exact) mass is 284 g/mol. The minimum absolute atomic E-state index is 0.670. The van der Waals surface area contributed by atoms with E-state index in [1.807, 2.05) is 0 Å². The van der Waals surface area contributed by atoms with Gasteiger partial charge in [-0.1, -0.05) is 11.3 Å². The maximum absolute atomic E-state index is 5.41. The minimum atomic E-state index is 0.670. The van der Waals surface area contributed by atoms with Crippen LogP contribution < -0.4 is 11.3 Å². The molecule has 2 aliphatic heterocycles. The Morgan fingerprint density at radius 3 is 2.89 bits per heavy atom. The number of anilines is 1. The van der Waals surface area contributed by atoms with Crippen LogP contribution in [0.2, 0.25) is 0 Å². The third-order valence-corrected chi connectivity index (χ3v) is 4.60. The van der Waals surface area contributed by atoms with Gasteiger partial charge in [-0.3, -0.25) is 15.2 Å². The van der Waals surface area contributed by atoms with Crippen molar-refractivity contribution in [3.63, 3.8) is 0 Å². The van der Waals surface area contributed by atoms with E-state index in [1.165, 1.54) is 17.8 Å². The first-order valence-corrected chi connectivity index (χ1v) is 7.50. The number of morpholine rings is 1. The number of ether oxygens (including phenoxy) is 1. The van der Waals surface area contributed by atoms with Gasteiger partial charge in [-0.15, -0.1) is 10.2 Å². The second kappa shape index (κ2) is 6.10. The molecule has 1 unspecified atom stereocenters. The molecule has 0 aromatic carbocycles. The van der Waals surface area contributed by atoms with Gasteiger partial charge in [0.1, 0.15) is 5.01 Å². The number of rotatable bonds is 4. The van der Waals surface area contributed by atoms with Gasteiger partial charge in [-0.25, -0.2) is 5.84 Å². The number of nitrogen functional groups attached to an aromatic ring is 1. The first-order valence-electron chi connectivity index (χ1n) is 6.68. The van der Waals surface area contributed by atoms with Crippen LogP contribution in [0.3, 0.4) is 0 Å². The zero-order valence-corrected chi connectivity index (χ0v) is 11.7. The summed E-state index contributed by atoms with van der Waals surface area (Å²) >= 11 is 1.52. The molecule has 7 nitrogen and oxygen atoms in total. The molecule has 0 saturated carbocycles. The summed E-state index contributed by atoms with van der Waals surface area (Å²) in [6, 6.07) is 0.670. The number of nitrogens with one attached hydrogen (secondary N) is 1. The fourth-order valence-corrected chi connectivity index (χ4v) is 3.46. The zero-order chi connectivity index (χ0) is 13.1. The standard InChI is InChI=1S/C11H20N6OS/c12-13-11-15-14-10(19-11)8-16-2-1-9(7-16)17-3-5-18-6-4-17/h9H,1-8,12H2,(H,13,15). The maximum Gasteiger partial charge on any atom is 0.219 e. The molecular weight excluding hydrogens is 264 g/mol. The number of nitrogens with two attached hydrogens (primary N) is 1. The average molecular weight is 284 g/mol. The smallest absolute Gasteiger partial charge is 0.219 e. The molecule has 106 valence electrons.